The maximum absolute atomic E-state index is 12.5. The van der Waals surface area contributed by atoms with Crippen molar-refractivity contribution in [3.63, 3.8) is 0 Å². The highest BCUT2D eigenvalue weighted by Crippen LogP contribution is 2.51. The van der Waals surface area contributed by atoms with Crippen LogP contribution in [0.3, 0.4) is 0 Å². The first-order valence-corrected chi connectivity index (χ1v) is 9.38. The van der Waals surface area contributed by atoms with Crippen LogP contribution in [0.15, 0.2) is 10.6 Å². The first-order chi connectivity index (χ1) is 12.2. The van der Waals surface area contributed by atoms with Gasteiger partial charge < -0.3 is 20.6 Å². The van der Waals surface area contributed by atoms with E-state index >= 15 is 0 Å². The number of β-lactam (4-membered cyclic amide) rings is 1. The van der Waals surface area contributed by atoms with E-state index in [2.05, 4.69) is 10.6 Å². The fourth-order valence-corrected chi connectivity index (χ4v) is 5.43. The zero-order chi connectivity index (χ0) is 19.2. The first-order valence-electron chi connectivity index (χ1n) is 8.50. The summed E-state index contributed by atoms with van der Waals surface area (Å²) in [4.78, 5) is 37.5. The van der Waals surface area contributed by atoms with Crippen molar-refractivity contribution in [3.8, 4) is 0 Å². The smallest absolute Gasteiger partial charge is 0.353 e. The van der Waals surface area contributed by atoms with E-state index in [9.17, 15) is 28.3 Å². The number of carbonyl (C=O) groups excluding carboxylic acids is 2. The Morgan fingerprint density at radius 3 is 2.65 bits per heavy atom. The molecule has 0 unspecified atom stereocenters. The van der Waals surface area contributed by atoms with Crippen LogP contribution in [-0.4, -0.2) is 64.6 Å². The molecule has 0 aromatic rings. The standard InChI is InChI=1S/C16H21F2N3O4S/c1-6-10-9(7(2)20-14(22)13(17)18)15(23)21(10)11(16(24)25)12(6)26-8-3-4-19-5-8/h6-10,13,19H,3-5H2,1-2H3,(H,20,22)(H,24,25)/t6-,7-,8+,9-,10+/m1/s1. The summed E-state index contributed by atoms with van der Waals surface area (Å²) in [5.74, 6) is -3.96. The van der Waals surface area contributed by atoms with Crippen LogP contribution in [0.5, 0.6) is 0 Å². The van der Waals surface area contributed by atoms with E-state index in [1.165, 1.54) is 23.6 Å². The summed E-state index contributed by atoms with van der Waals surface area (Å²) in [7, 11) is 0. The molecule has 3 rings (SSSR count). The van der Waals surface area contributed by atoms with E-state index in [0.717, 1.165) is 19.5 Å². The molecule has 0 aromatic heterocycles. The van der Waals surface area contributed by atoms with Crippen LogP contribution < -0.4 is 10.6 Å². The number of carboxylic acids is 1. The number of hydrogen-bond donors (Lipinski definition) is 3. The molecule has 3 N–H and O–H groups in total. The zero-order valence-electron chi connectivity index (χ0n) is 14.4. The lowest BCUT2D eigenvalue weighted by molar-refractivity contribution is -0.159. The minimum atomic E-state index is -3.15. The summed E-state index contributed by atoms with van der Waals surface area (Å²) in [6.45, 7) is 4.99. The Bertz CT molecular complexity index is 666. The van der Waals surface area contributed by atoms with Crippen LogP contribution in [0, 0.1) is 11.8 Å². The fraction of sp³-hybridized carbons (Fsp3) is 0.688. The molecule has 3 heterocycles. The van der Waals surface area contributed by atoms with Crippen LogP contribution in [0.2, 0.25) is 0 Å². The number of aliphatic carboxylic acids is 1. The third-order valence-corrected chi connectivity index (χ3v) is 6.76. The molecular weight excluding hydrogens is 368 g/mol. The highest BCUT2D eigenvalue weighted by Gasteiger charge is 2.60. The van der Waals surface area contributed by atoms with Gasteiger partial charge in [0.1, 0.15) is 5.70 Å². The van der Waals surface area contributed by atoms with Crippen LogP contribution in [0.4, 0.5) is 8.78 Å². The summed E-state index contributed by atoms with van der Waals surface area (Å²) in [6, 6.07) is -1.22. The molecule has 0 radical (unpaired) electrons. The quantitative estimate of drug-likeness (QED) is 0.576. The van der Waals surface area contributed by atoms with E-state index in [1.54, 1.807) is 0 Å². The molecule has 0 bridgehead atoms. The number of fused-ring (bicyclic) bond motifs is 1. The molecule has 144 valence electrons. The van der Waals surface area contributed by atoms with Gasteiger partial charge in [-0.1, -0.05) is 6.92 Å². The third-order valence-electron chi connectivity index (χ3n) is 5.21. The van der Waals surface area contributed by atoms with Crippen molar-refractivity contribution in [2.45, 2.75) is 44.0 Å². The van der Waals surface area contributed by atoms with Crippen molar-refractivity contribution in [1.82, 2.24) is 15.5 Å². The average molecular weight is 389 g/mol. The summed E-state index contributed by atoms with van der Waals surface area (Å²) >= 11 is 1.48. The van der Waals surface area contributed by atoms with E-state index in [1.807, 2.05) is 6.92 Å². The first kappa shape index (κ1) is 19.1. The normalized spacial score (nSPS) is 31.9. The minimum Gasteiger partial charge on any atom is -0.477 e. The van der Waals surface area contributed by atoms with E-state index in [-0.39, 0.29) is 16.9 Å². The van der Waals surface area contributed by atoms with Gasteiger partial charge in [-0.2, -0.15) is 8.78 Å². The number of nitrogens with zero attached hydrogens (tertiary/aromatic N) is 1. The van der Waals surface area contributed by atoms with Crippen LogP contribution in [0.25, 0.3) is 0 Å². The Balaban J connectivity index is 1.79. The largest absolute Gasteiger partial charge is 0.477 e. The summed E-state index contributed by atoms with van der Waals surface area (Å²) in [5, 5.41) is 15.2. The maximum Gasteiger partial charge on any atom is 0.353 e. The number of halogens is 2. The summed E-state index contributed by atoms with van der Waals surface area (Å²) in [6.07, 6.45) is -2.24. The average Bonchev–Trinajstić information content (AvgIpc) is 3.14. The Labute approximate surface area is 153 Å². The number of hydrogen-bond acceptors (Lipinski definition) is 5. The summed E-state index contributed by atoms with van der Waals surface area (Å²) in [5.41, 5.74) is -0.00645. The molecule has 2 fully saturated rings. The molecule has 0 aromatic carbocycles. The molecule has 5 atom stereocenters. The lowest BCUT2D eigenvalue weighted by Crippen LogP contribution is -2.66. The van der Waals surface area contributed by atoms with Crippen LogP contribution in [0.1, 0.15) is 20.3 Å². The van der Waals surface area contributed by atoms with Gasteiger partial charge in [0.15, 0.2) is 0 Å². The molecule has 10 heteroatoms. The van der Waals surface area contributed by atoms with Gasteiger partial charge in [-0.05, 0) is 19.9 Å². The second kappa shape index (κ2) is 7.15. The highest BCUT2D eigenvalue weighted by atomic mass is 32.2. The van der Waals surface area contributed by atoms with Crippen LogP contribution >= 0.6 is 11.8 Å². The lowest BCUT2D eigenvalue weighted by atomic mass is 9.78. The molecule has 7 nitrogen and oxygen atoms in total. The highest BCUT2D eigenvalue weighted by molar-refractivity contribution is 8.03. The van der Waals surface area contributed by atoms with E-state index in [0.29, 0.717) is 4.91 Å². The van der Waals surface area contributed by atoms with Crippen molar-refractivity contribution in [2.24, 2.45) is 11.8 Å². The second-order valence-electron chi connectivity index (χ2n) is 6.86. The SMILES string of the molecule is C[C@@H](NC(=O)C(F)F)[C@H]1C(=O)N2C(C(=O)O)=C(S[C@H]3CCNC3)[C@H](C)[C@@H]12. The van der Waals surface area contributed by atoms with Crippen molar-refractivity contribution in [3.05, 3.63) is 10.6 Å². The third kappa shape index (κ3) is 3.09. The van der Waals surface area contributed by atoms with Gasteiger partial charge in [0.2, 0.25) is 5.91 Å². The Hall–Kier alpha value is -1.68. The van der Waals surface area contributed by atoms with Crippen LogP contribution in [-0.2, 0) is 14.4 Å². The fourth-order valence-electron chi connectivity index (χ4n) is 3.98. The summed E-state index contributed by atoms with van der Waals surface area (Å²) < 4.78 is 24.9. The van der Waals surface area contributed by atoms with Gasteiger partial charge in [0.25, 0.3) is 5.91 Å². The number of amides is 2. The predicted molar refractivity (Wildman–Crippen MR) is 90.4 cm³/mol. The molecule has 3 aliphatic heterocycles. The topological polar surface area (TPSA) is 98.7 Å². The van der Waals surface area contributed by atoms with E-state index in [4.69, 9.17) is 0 Å². The van der Waals surface area contributed by atoms with Gasteiger partial charge >= 0.3 is 12.4 Å². The molecule has 2 amide bonds. The number of carbonyl (C=O) groups is 3. The van der Waals surface area contributed by atoms with Crippen molar-refractivity contribution in [1.29, 1.82) is 0 Å². The van der Waals surface area contributed by atoms with Gasteiger partial charge in [0, 0.05) is 28.7 Å². The minimum absolute atomic E-state index is 0.00645. The van der Waals surface area contributed by atoms with Crippen molar-refractivity contribution in [2.75, 3.05) is 13.1 Å². The number of carboxylic acid groups (broad SMARTS) is 1. The number of rotatable bonds is 6. The Morgan fingerprint density at radius 1 is 1.42 bits per heavy atom. The lowest BCUT2D eigenvalue weighted by Gasteiger charge is -2.47. The van der Waals surface area contributed by atoms with Gasteiger partial charge in [0.05, 0.1) is 12.0 Å². The Kier molecular flexibility index (Phi) is 5.25. The Morgan fingerprint density at radius 2 is 2.12 bits per heavy atom. The monoisotopic (exact) mass is 389 g/mol. The van der Waals surface area contributed by atoms with Gasteiger partial charge in [-0.25, -0.2) is 4.79 Å². The number of thioether (sulfide) groups is 1. The molecule has 26 heavy (non-hydrogen) atoms. The van der Waals surface area contributed by atoms with Crippen molar-refractivity contribution < 1.29 is 28.3 Å². The number of nitrogens with one attached hydrogen (secondary N) is 2. The van der Waals surface area contributed by atoms with E-state index < -0.39 is 42.2 Å². The van der Waals surface area contributed by atoms with Crippen molar-refractivity contribution >= 4 is 29.5 Å². The molecule has 0 aliphatic carbocycles. The molecule has 0 saturated carbocycles. The molecule has 2 saturated heterocycles. The second-order valence-corrected chi connectivity index (χ2v) is 8.20. The molecule has 0 spiro atoms. The molecule has 3 aliphatic rings. The maximum atomic E-state index is 12.5. The molecular formula is C16H21F2N3O4S. The zero-order valence-corrected chi connectivity index (χ0v) is 15.2. The number of alkyl halides is 2. The van der Waals surface area contributed by atoms with Gasteiger partial charge in [-0.3, -0.25) is 9.59 Å². The predicted octanol–water partition coefficient (Wildman–Crippen LogP) is 0.624. The van der Waals surface area contributed by atoms with Gasteiger partial charge in [-0.15, -0.1) is 11.8 Å².